The summed E-state index contributed by atoms with van der Waals surface area (Å²) in [6, 6.07) is 7.14. The first kappa shape index (κ1) is 23.2. The molecular formula is C22H30N4O4S2. The molecule has 0 bridgehead atoms. The number of aromatic nitrogens is 1. The molecular weight excluding hydrogens is 448 g/mol. The molecule has 0 aliphatic carbocycles. The highest BCUT2D eigenvalue weighted by Gasteiger charge is 2.30. The second-order valence-electron chi connectivity index (χ2n) is 8.40. The van der Waals surface area contributed by atoms with Gasteiger partial charge in [-0.1, -0.05) is 23.5 Å². The second-order valence-corrected chi connectivity index (χ2v) is 11.0. The number of ether oxygens (including phenoxy) is 1. The molecule has 2 saturated heterocycles. The summed E-state index contributed by atoms with van der Waals surface area (Å²) in [5.41, 5.74) is 0.861. The molecule has 1 aromatic carbocycles. The van der Waals surface area contributed by atoms with Crippen molar-refractivity contribution in [3.05, 3.63) is 41.4 Å². The van der Waals surface area contributed by atoms with Crippen LogP contribution in [-0.2, 0) is 14.8 Å². The van der Waals surface area contributed by atoms with Crippen molar-refractivity contribution in [3.63, 3.8) is 0 Å². The molecule has 0 saturated carbocycles. The molecule has 0 unspecified atom stereocenters. The first-order chi connectivity index (χ1) is 15.4. The van der Waals surface area contributed by atoms with Crippen LogP contribution in [0.2, 0.25) is 0 Å². The van der Waals surface area contributed by atoms with E-state index >= 15 is 0 Å². The van der Waals surface area contributed by atoms with Crippen LogP contribution in [-0.4, -0.2) is 74.0 Å². The van der Waals surface area contributed by atoms with Gasteiger partial charge in [0.2, 0.25) is 15.9 Å². The standard InChI is InChI=1S/C22H30N4O4S2/c1-17-3-2-4-20(15-17)32(28,29)24-16-21(27)26-10-5-18(6-11-26)25-12-7-19(8-13-25)30-22-23-9-14-31-22/h2-4,9,14-15,18-19,24H,5-8,10-13,16H2,1H3. The van der Waals surface area contributed by atoms with Gasteiger partial charge < -0.3 is 9.64 Å². The lowest BCUT2D eigenvalue weighted by Crippen LogP contribution is -2.51. The minimum atomic E-state index is -3.69. The summed E-state index contributed by atoms with van der Waals surface area (Å²) in [7, 11) is -3.69. The number of carbonyl (C=O) groups is 1. The molecule has 32 heavy (non-hydrogen) atoms. The van der Waals surface area contributed by atoms with Crippen molar-refractivity contribution >= 4 is 27.3 Å². The van der Waals surface area contributed by atoms with E-state index in [1.165, 1.54) is 17.4 Å². The molecule has 1 aromatic heterocycles. The van der Waals surface area contributed by atoms with E-state index in [1.54, 1.807) is 23.2 Å². The molecule has 8 nitrogen and oxygen atoms in total. The van der Waals surface area contributed by atoms with Crippen LogP contribution in [0, 0.1) is 6.92 Å². The summed E-state index contributed by atoms with van der Waals surface area (Å²) in [5.74, 6) is -0.171. The Labute approximate surface area is 193 Å². The van der Waals surface area contributed by atoms with Gasteiger partial charge in [0.25, 0.3) is 5.19 Å². The molecule has 2 aliphatic rings. The van der Waals surface area contributed by atoms with Crippen LogP contribution in [0.3, 0.4) is 0 Å². The minimum Gasteiger partial charge on any atom is -0.467 e. The van der Waals surface area contributed by atoms with Gasteiger partial charge in [-0.3, -0.25) is 9.69 Å². The topological polar surface area (TPSA) is 91.8 Å². The Bertz CT molecular complexity index is 997. The monoisotopic (exact) mass is 478 g/mol. The molecule has 4 rings (SSSR count). The maximum absolute atomic E-state index is 12.6. The van der Waals surface area contributed by atoms with Gasteiger partial charge in [-0.15, -0.1) is 0 Å². The minimum absolute atomic E-state index is 0.171. The summed E-state index contributed by atoms with van der Waals surface area (Å²) >= 11 is 1.53. The van der Waals surface area contributed by atoms with Crippen LogP contribution < -0.4 is 9.46 Å². The molecule has 3 heterocycles. The Morgan fingerprint density at radius 1 is 1.19 bits per heavy atom. The van der Waals surface area contributed by atoms with Crippen molar-refractivity contribution in [2.24, 2.45) is 0 Å². The van der Waals surface area contributed by atoms with Gasteiger partial charge >= 0.3 is 0 Å². The number of amides is 1. The number of carbonyl (C=O) groups excluding carboxylic acids is 1. The third kappa shape index (κ3) is 5.86. The highest BCUT2D eigenvalue weighted by molar-refractivity contribution is 7.89. The van der Waals surface area contributed by atoms with Crippen molar-refractivity contribution in [3.8, 4) is 5.19 Å². The van der Waals surface area contributed by atoms with Gasteiger partial charge in [-0.25, -0.2) is 18.1 Å². The zero-order valence-corrected chi connectivity index (χ0v) is 19.9. The van der Waals surface area contributed by atoms with Gasteiger partial charge in [-0.2, -0.15) is 0 Å². The number of sulfonamides is 1. The average Bonchev–Trinajstić information content (AvgIpc) is 3.31. The lowest BCUT2D eigenvalue weighted by atomic mass is 9.99. The SMILES string of the molecule is Cc1cccc(S(=O)(=O)NCC(=O)N2CCC(N3CCC(Oc4nccs4)CC3)CC2)c1. The van der Waals surface area contributed by atoms with E-state index < -0.39 is 10.0 Å². The van der Waals surface area contributed by atoms with Crippen LogP contribution in [0.15, 0.2) is 40.7 Å². The highest BCUT2D eigenvalue weighted by Crippen LogP contribution is 2.25. The summed E-state index contributed by atoms with van der Waals surface area (Å²) in [6.07, 6.45) is 5.78. The Kier molecular flexibility index (Phi) is 7.44. The fraction of sp³-hybridized carbons (Fsp3) is 0.545. The van der Waals surface area contributed by atoms with E-state index in [1.807, 2.05) is 18.4 Å². The Balaban J connectivity index is 1.19. The van der Waals surface area contributed by atoms with Crippen LogP contribution in [0.5, 0.6) is 5.19 Å². The number of nitrogens with one attached hydrogen (secondary N) is 1. The Morgan fingerprint density at radius 3 is 2.59 bits per heavy atom. The van der Waals surface area contributed by atoms with E-state index in [0.29, 0.717) is 19.1 Å². The van der Waals surface area contributed by atoms with E-state index in [9.17, 15) is 13.2 Å². The summed E-state index contributed by atoms with van der Waals surface area (Å²) < 4.78 is 33.3. The Morgan fingerprint density at radius 2 is 1.94 bits per heavy atom. The second kappa shape index (κ2) is 10.3. The van der Waals surface area contributed by atoms with E-state index in [4.69, 9.17) is 4.74 Å². The van der Waals surface area contributed by atoms with Crippen molar-refractivity contribution in [2.45, 2.75) is 49.6 Å². The maximum Gasteiger partial charge on any atom is 0.273 e. The number of nitrogens with zero attached hydrogens (tertiary/aromatic N) is 3. The predicted octanol–water partition coefficient (Wildman–Crippen LogP) is 2.26. The molecule has 1 N–H and O–H groups in total. The first-order valence-electron chi connectivity index (χ1n) is 11.0. The third-order valence-electron chi connectivity index (χ3n) is 6.20. The number of likely N-dealkylation sites (tertiary alicyclic amines) is 2. The van der Waals surface area contributed by atoms with Gasteiger partial charge in [0.1, 0.15) is 6.10 Å². The van der Waals surface area contributed by atoms with Crippen LogP contribution in [0.25, 0.3) is 0 Å². The number of hydrogen-bond donors (Lipinski definition) is 1. The van der Waals surface area contributed by atoms with E-state index in [-0.39, 0.29) is 23.5 Å². The molecule has 2 fully saturated rings. The molecule has 2 aliphatic heterocycles. The van der Waals surface area contributed by atoms with E-state index in [0.717, 1.165) is 49.5 Å². The lowest BCUT2D eigenvalue weighted by molar-refractivity contribution is -0.131. The van der Waals surface area contributed by atoms with Crippen LogP contribution >= 0.6 is 11.3 Å². The smallest absolute Gasteiger partial charge is 0.273 e. The summed E-state index contributed by atoms with van der Waals surface area (Å²) in [4.78, 5) is 21.2. The number of rotatable bonds is 7. The van der Waals surface area contributed by atoms with Crippen LogP contribution in [0.1, 0.15) is 31.2 Å². The largest absolute Gasteiger partial charge is 0.467 e. The van der Waals surface area contributed by atoms with E-state index in [2.05, 4.69) is 14.6 Å². The Hall–Kier alpha value is -2.01. The normalized spacial score (nSPS) is 19.2. The fourth-order valence-electron chi connectivity index (χ4n) is 4.38. The molecule has 0 spiro atoms. The lowest BCUT2D eigenvalue weighted by Gasteiger charge is -2.41. The highest BCUT2D eigenvalue weighted by atomic mass is 32.2. The molecule has 2 aromatic rings. The first-order valence-corrected chi connectivity index (χ1v) is 13.4. The molecule has 174 valence electrons. The molecule has 0 radical (unpaired) electrons. The van der Waals surface area contributed by atoms with Gasteiger partial charge in [-0.05, 0) is 50.3 Å². The average molecular weight is 479 g/mol. The van der Waals surface area contributed by atoms with Crippen molar-refractivity contribution < 1.29 is 17.9 Å². The number of benzene rings is 1. The third-order valence-corrected chi connectivity index (χ3v) is 8.26. The zero-order valence-electron chi connectivity index (χ0n) is 18.3. The molecule has 10 heteroatoms. The van der Waals surface area contributed by atoms with Crippen molar-refractivity contribution in [1.82, 2.24) is 19.5 Å². The molecule has 0 atom stereocenters. The van der Waals surface area contributed by atoms with Gasteiger partial charge in [0.15, 0.2) is 0 Å². The quantitative estimate of drug-likeness (QED) is 0.656. The summed E-state index contributed by atoms with van der Waals surface area (Å²) in [5, 5.41) is 2.67. The zero-order chi connectivity index (χ0) is 22.6. The molecule has 1 amide bonds. The number of hydrogen-bond acceptors (Lipinski definition) is 7. The number of thiazole rings is 1. The van der Waals surface area contributed by atoms with Crippen molar-refractivity contribution in [2.75, 3.05) is 32.7 Å². The predicted molar refractivity (Wildman–Crippen MR) is 123 cm³/mol. The van der Waals surface area contributed by atoms with Gasteiger partial charge in [0, 0.05) is 43.8 Å². The summed E-state index contributed by atoms with van der Waals surface area (Å²) in [6.45, 7) is 4.93. The fourth-order valence-corrected chi connectivity index (χ4v) is 6.02. The number of aryl methyl sites for hydroxylation is 1. The van der Waals surface area contributed by atoms with Crippen LogP contribution in [0.4, 0.5) is 0 Å². The maximum atomic E-state index is 12.6. The number of piperidine rings is 2. The van der Waals surface area contributed by atoms with Crippen molar-refractivity contribution in [1.29, 1.82) is 0 Å². The van der Waals surface area contributed by atoms with Gasteiger partial charge in [0.05, 0.1) is 11.4 Å².